The number of nitrogens with zero attached hydrogens (tertiary/aromatic N) is 6. The summed E-state index contributed by atoms with van der Waals surface area (Å²) in [4.78, 5) is 5.28. The molecule has 0 radical (unpaired) electrons. The summed E-state index contributed by atoms with van der Waals surface area (Å²) in [6, 6.07) is -0.966. The summed E-state index contributed by atoms with van der Waals surface area (Å²) in [5, 5.41) is 6.91. The molecule has 0 aromatic heterocycles. The Balaban J connectivity index is 2.71. The SMILES string of the molecule is [N-]=[N+]=N[C@H]1COCOC[C@H]1N=[N+]=[N-]. The first kappa shape index (κ1) is 9.63. The fourth-order valence-corrected chi connectivity index (χ4v) is 0.972. The van der Waals surface area contributed by atoms with Crippen molar-refractivity contribution >= 4 is 0 Å². The van der Waals surface area contributed by atoms with Crippen molar-refractivity contribution in [2.24, 2.45) is 10.2 Å². The second kappa shape index (κ2) is 5.23. The summed E-state index contributed by atoms with van der Waals surface area (Å²) in [5.41, 5.74) is 16.4. The highest BCUT2D eigenvalue weighted by Crippen LogP contribution is 2.10. The number of ether oxygens (including phenoxy) is 2. The van der Waals surface area contributed by atoms with E-state index in [1.807, 2.05) is 0 Å². The van der Waals surface area contributed by atoms with E-state index in [2.05, 4.69) is 20.1 Å². The van der Waals surface area contributed by atoms with Gasteiger partial charge in [-0.25, -0.2) is 0 Å². The first-order chi connectivity index (χ1) is 6.38. The third-order valence-corrected chi connectivity index (χ3v) is 1.59. The highest BCUT2D eigenvalue weighted by atomic mass is 16.7. The van der Waals surface area contributed by atoms with Crippen LogP contribution in [-0.4, -0.2) is 32.1 Å². The van der Waals surface area contributed by atoms with Crippen LogP contribution in [0.2, 0.25) is 0 Å². The van der Waals surface area contributed by atoms with E-state index in [9.17, 15) is 0 Å². The summed E-state index contributed by atoms with van der Waals surface area (Å²) in [6.07, 6.45) is 0. The molecule has 1 rings (SSSR count). The molecule has 0 aromatic carbocycles. The van der Waals surface area contributed by atoms with Gasteiger partial charge < -0.3 is 9.47 Å². The quantitative estimate of drug-likeness (QED) is 0.366. The Labute approximate surface area is 73.7 Å². The maximum atomic E-state index is 8.22. The monoisotopic (exact) mass is 184 g/mol. The number of azide groups is 2. The molecule has 0 N–H and O–H groups in total. The van der Waals surface area contributed by atoms with Gasteiger partial charge in [0.25, 0.3) is 0 Å². The van der Waals surface area contributed by atoms with Crippen LogP contribution in [0.25, 0.3) is 20.9 Å². The molecule has 1 aliphatic heterocycles. The second-order valence-corrected chi connectivity index (χ2v) is 2.40. The van der Waals surface area contributed by atoms with Gasteiger partial charge in [-0.2, -0.15) is 0 Å². The molecule has 0 saturated carbocycles. The molecular weight excluding hydrogens is 176 g/mol. The van der Waals surface area contributed by atoms with E-state index in [-0.39, 0.29) is 20.0 Å². The minimum absolute atomic E-state index is 0.134. The smallest absolute Gasteiger partial charge is 0.146 e. The van der Waals surface area contributed by atoms with E-state index in [1.54, 1.807) is 0 Å². The molecular formula is C5H8N6O2. The molecule has 13 heavy (non-hydrogen) atoms. The van der Waals surface area contributed by atoms with E-state index in [0.717, 1.165) is 0 Å². The van der Waals surface area contributed by atoms with Gasteiger partial charge in [-0.3, -0.25) is 0 Å². The van der Waals surface area contributed by atoms with Crippen molar-refractivity contribution < 1.29 is 9.47 Å². The van der Waals surface area contributed by atoms with Gasteiger partial charge in [0.2, 0.25) is 0 Å². The molecule has 0 spiro atoms. The Kier molecular flexibility index (Phi) is 3.87. The zero-order valence-electron chi connectivity index (χ0n) is 6.78. The van der Waals surface area contributed by atoms with E-state index >= 15 is 0 Å². The van der Waals surface area contributed by atoms with E-state index in [0.29, 0.717) is 0 Å². The lowest BCUT2D eigenvalue weighted by molar-refractivity contribution is -0.0337. The van der Waals surface area contributed by atoms with Crippen LogP contribution in [0.4, 0.5) is 0 Å². The van der Waals surface area contributed by atoms with Crippen molar-refractivity contribution in [3.63, 3.8) is 0 Å². The van der Waals surface area contributed by atoms with Gasteiger partial charge in [0, 0.05) is 9.82 Å². The lowest BCUT2D eigenvalue weighted by atomic mass is 10.2. The van der Waals surface area contributed by atoms with Crippen molar-refractivity contribution in [1.82, 2.24) is 0 Å². The van der Waals surface area contributed by atoms with Crippen LogP contribution in [-0.2, 0) is 9.47 Å². The Morgan fingerprint density at radius 3 is 1.85 bits per heavy atom. The van der Waals surface area contributed by atoms with Gasteiger partial charge in [-0.15, -0.1) is 0 Å². The van der Waals surface area contributed by atoms with Crippen molar-refractivity contribution in [1.29, 1.82) is 0 Å². The average molecular weight is 184 g/mol. The van der Waals surface area contributed by atoms with Crippen molar-refractivity contribution in [3.8, 4) is 0 Å². The van der Waals surface area contributed by atoms with Gasteiger partial charge in [0.05, 0.1) is 25.3 Å². The van der Waals surface area contributed by atoms with Crippen molar-refractivity contribution in [2.45, 2.75) is 12.1 Å². The zero-order valence-corrected chi connectivity index (χ0v) is 6.78. The van der Waals surface area contributed by atoms with E-state index in [4.69, 9.17) is 20.5 Å². The summed E-state index contributed by atoms with van der Waals surface area (Å²) in [6.45, 7) is 0.566. The van der Waals surface area contributed by atoms with Gasteiger partial charge >= 0.3 is 0 Å². The maximum Gasteiger partial charge on any atom is 0.146 e. The molecule has 1 aliphatic rings. The predicted molar refractivity (Wildman–Crippen MR) is 42.6 cm³/mol. The fourth-order valence-electron chi connectivity index (χ4n) is 0.972. The summed E-state index contributed by atoms with van der Waals surface area (Å²) in [7, 11) is 0. The molecule has 2 atom stereocenters. The van der Waals surface area contributed by atoms with Gasteiger partial charge in [-0.05, 0) is 11.1 Å². The average Bonchev–Trinajstić information content (AvgIpc) is 2.33. The molecule has 0 bridgehead atoms. The summed E-state index contributed by atoms with van der Waals surface area (Å²) in [5.74, 6) is 0. The standard InChI is InChI=1S/C5H8N6O2/c6-10-8-4-1-12-3-13-2-5(4)9-11-7/h4-5H,1-3H2/t4-,5+. The van der Waals surface area contributed by atoms with Crippen LogP contribution >= 0.6 is 0 Å². The normalized spacial score (nSPS) is 28.0. The summed E-state index contributed by atoms with van der Waals surface area (Å²) >= 11 is 0. The van der Waals surface area contributed by atoms with E-state index in [1.165, 1.54) is 0 Å². The Morgan fingerprint density at radius 1 is 1.00 bits per heavy atom. The van der Waals surface area contributed by atoms with Crippen LogP contribution in [0.3, 0.4) is 0 Å². The molecule has 1 fully saturated rings. The zero-order chi connectivity index (χ0) is 9.52. The van der Waals surface area contributed by atoms with Crippen LogP contribution in [0, 0.1) is 0 Å². The van der Waals surface area contributed by atoms with Gasteiger partial charge in [0.15, 0.2) is 0 Å². The molecule has 1 heterocycles. The van der Waals surface area contributed by atoms with Crippen molar-refractivity contribution in [3.05, 3.63) is 20.9 Å². The highest BCUT2D eigenvalue weighted by molar-refractivity contribution is 4.83. The lowest BCUT2D eigenvalue weighted by Crippen LogP contribution is -2.27. The largest absolute Gasteiger partial charge is 0.355 e. The Hall–Kier alpha value is -1.46. The van der Waals surface area contributed by atoms with Crippen LogP contribution in [0.1, 0.15) is 0 Å². The fraction of sp³-hybridized carbons (Fsp3) is 1.00. The number of rotatable bonds is 2. The third kappa shape index (κ3) is 2.81. The van der Waals surface area contributed by atoms with Gasteiger partial charge in [-0.1, -0.05) is 10.2 Å². The first-order valence-electron chi connectivity index (χ1n) is 3.62. The summed E-state index contributed by atoms with van der Waals surface area (Å²) < 4.78 is 9.93. The molecule has 70 valence electrons. The molecule has 0 amide bonds. The minimum atomic E-state index is -0.483. The molecule has 0 aliphatic carbocycles. The van der Waals surface area contributed by atoms with Crippen LogP contribution < -0.4 is 0 Å². The lowest BCUT2D eigenvalue weighted by Gasteiger charge is -2.12. The first-order valence-corrected chi connectivity index (χ1v) is 3.62. The molecule has 0 unspecified atom stereocenters. The number of hydrogen-bond acceptors (Lipinski definition) is 4. The predicted octanol–water partition coefficient (Wildman–Crippen LogP) is 1.35. The minimum Gasteiger partial charge on any atom is -0.355 e. The topological polar surface area (TPSA) is 116 Å². The van der Waals surface area contributed by atoms with E-state index < -0.39 is 12.1 Å². The molecule has 8 nitrogen and oxygen atoms in total. The third-order valence-electron chi connectivity index (χ3n) is 1.59. The number of hydrogen-bond donors (Lipinski definition) is 0. The Morgan fingerprint density at radius 2 is 1.46 bits per heavy atom. The van der Waals surface area contributed by atoms with Crippen molar-refractivity contribution in [2.75, 3.05) is 20.0 Å². The van der Waals surface area contributed by atoms with Gasteiger partial charge in [0.1, 0.15) is 6.79 Å². The van der Waals surface area contributed by atoms with Crippen LogP contribution in [0.5, 0.6) is 0 Å². The Bertz CT molecular complexity index is 230. The second-order valence-electron chi connectivity index (χ2n) is 2.40. The molecule has 8 heteroatoms. The molecule has 0 aromatic rings. The van der Waals surface area contributed by atoms with Crippen LogP contribution in [0.15, 0.2) is 10.2 Å². The molecule has 1 saturated heterocycles. The highest BCUT2D eigenvalue weighted by Gasteiger charge is 2.22. The maximum absolute atomic E-state index is 8.22.